The maximum atomic E-state index is 12.5. The molecule has 0 radical (unpaired) electrons. The van der Waals surface area contributed by atoms with Gasteiger partial charge in [-0.15, -0.1) is 0 Å². The van der Waals surface area contributed by atoms with Gasteiger partial charge in [-0.05, 0) is 36.5 Å². The third-order valence-electron chi connectivity index (χ3n) is 4.83. The number of amides is 2. The van der Waals surface area contributed by atoms with Crippen LogP contribution in [0.25, 0.3) is 0 Å². The molecule has 1 atom stereocenters. The first kappa shape index (κ1) is 18.4. The smallest absolute Gasteiger partial charge is 0.261 e. The Hall–Kier alpha value is -2.97. The van der Waals surface area contributed by atoms with E-state index in [2.05, 4.69) is 10.6 Å². The van der Waals surface area contributed by atoms with Crippen molar-refractivity contribution in [3.05, 3.63) is 59.2 Å². The Bertz CT molecular complexity index is 927. The first-order valence-electron chi connectivity index (χ1n) is 8.96. The van der Waals surface area contributed by atoms with Gasteiger partial charge >= 0.3 is 0 Å². The molecule has 0 fully saturated rings. The van der Waals surface area contributed by atoms with E-state index >= 15 is 0 Å². The summed E-state index contributed by atoms with van der Waals surface area (Å²) in [5, 5.41) is 16.1. The lowest BCUT2D eigenvalue weighted by Gasteiger charge is -2.23. The molecule has 4 rings (SSSR count). The van der Waals surface area contributed by atoms with E-state index in [1.54, 1.807) is 24.3 Å². The molecule has 2 aromatic rings. The third kappa shape index (κ3) is 3.32. The summed E-state index contributed by atoms with van der Waals surface area (Å²) in [4.78, 5) is 26.1. The molecule has 0 saturated heterocycles. The number of nitrogens with zero attached hydrogens (tertiary/aromatic N) is 1. The van der Waals surface area contributed by atoms with Crippen molar-refractivity contribution in [2.75, 3.05) is 25.1 Å². The average Bonchev–Trinajstić information content (AvgIpc) is 3.27. The van der Waals surface area contributed by atoms with Crippen molar-refractivity contribution in [1.29, 1.82) is 0 Å². The Morgan fingerprint density at radius 2 is 1.86 bits per heavy atom. The van der Waals surface area contributed by atoms with Gasteiger partial charge in [-0.25, -0.2) is 0 Å². The second-order valence-electron chi connectivity index (χ2n) is 6.63. The molecular weight excluding hydrogens is 378 g/mol. The molecule has 7 nitrogen and oxygen atoms in total. The number of carbonyl (C=O) groups excluding carboxylic acids is 2. The molecule has 2 heterocycles. The van der Waals surface area contributed by atoms with E-state index in [0.717, 1.165) is 28.3 Å². The van der Waals surface area contributed by atoms with Crippen LogP contribution in [0.15, 0.2) is 42.5 Å². The van der Waals surface area contributed by atoms with Crippen LogP contribution in [0.2, 0.25) is 0 Å². The zero-order valence-corrected chi connectivity index (χ0v) is 15.8. The van der Waals surface area contributed by atoms with Gasteiger partial charge in [0.15, 0.2) is 5.11 Å². The summed E-state index contributed by atoms with van der Waals surface area (Å²) in [6.45, 7) is 0.360. The first-order valence-corrected chi connectivity index (χ1v) is 9.37. The summed E-state index contributed by atoms with van der Waals surface area (Å²) in [7, 11) is 0. The quantitative estimate of drug-likeness (QED) is 0.521. The van der Waals surface area contributed by atoms with Crippen LogP contribution in [0.4, 0.5) is 5.69 Å². The van der Waals surface area contributed by atoms with Crippen molar-refractivity contribution in [3.63, 3.8) is 0 Å². The van der Waals surface area contributed by atoms with Gasteiger partial charge in [0.1, 0.15) is 5.75 Å². The summed E-state index contributed by atoms with van der Waals surface area (Å²) in [6.07, 6.45) is 0.791. The molecule has 0 saturated carbocycles. The van der Waals surface area contributed by atoms with E-state index in [1.807, 2.05) is 18.2 Å². The SMILES string of the molecule is O=C1c2ccccc2C(=O)N1C[C@@H](CO)NC(=S)Nc1cccc2c1CCO2. The van der Waals surface area contributed by atoms with Crippen molar-refractivity contribution in [2.45, 2.75) is 12.5 Å². The largest absolute Gasteiger partial charge is 0.493 e. The van der Waals surface area contributed by atoms with Crippen LogP contribution in [0.5, 0.6) is 5.75 Å². The number of fused-ring (bicyclic) bond motifs is 2. The number of anilines is 1. The summed E-state index contributed by atoms with van der Waals surface area (Å²) in [6, 6.07) is 11.8. The van der Waals surface area contributed by atoms with Crippen LogP contribution in [0.3, 0.4) is 0 Å². The van der Waals surface area contributed by atoms with E-state index < -0.39 is 6.04 Å². The summed E-state index contributed by atoms with van der Waals surface area (Å²) in [5.74, 6) is 0.105. The van der Waals surface area contributed by atoms with E-state index in [9.17, 15) is 14.7 Å². The van der Waals surface area contributed by atoms with Crippen LogP contribution in [-0.4, -0.2) is 52.7 Å². The Labute approximate surface area is 167 Å². The highest BCUT2D eigenvalue weighted by Crippen LogP contribution is 2.31. The number of hydrogen-bond acceptors (Lipinski definition) is 5. The molecule has 2 amide bonds. The van der Waals surface area contributed by atoms with Gasteiger partial charge in [0.2, 0.25) is 0 Å². The average molecular weight is 397 g/mol. The number of nitrogens with one attached hydrogen (secondary N) is 2. The molecule has 2 aromatic carbocycles. The van der Waals surface area contributed by atoms with Gasteiger partial charge in [0.25, 0.3) is 11.8 Å². The number of aliphatic hydroxyl groups excluding tert-OH is 1. The Kier molecular flexibility index (Phi) is 4.97. The number of carbonyl (C=O) groups is 2. The fraction of sp³-hybridized carbons (Fsp3) is 0.250. The monoisotopic (exact) mass is 397 g/mol. The molecule has 8 heteroatoms. The highest BCUT2D eigenvalue weighted by molar-refractivity contribution is 7.80. The minimum Gasteiger partial charge on any atom is -0.493 e. The molecule has 2 aliphatic heterocycles. The number of ether oxygens (including phenoxy) is 1. The van der Waals surface area contributed by atoms with Gasteiger partial charge in [-0.1, -0.05) is 18.2 Å². The maximum Gasteiger partial charge on any atom is 0.261 e. The molecule has 2 aliphatic rings. The van der Waals surface area contributed by atoms with Crippen LogP contribution in [-0.2, 0) is 6.42 Å². The van der Waals surface area contributed by atoms with Crippen LogP contribution >= 0.6 is 12.2 Å². The number of rotatable bonds is 5. The number of aliphatic hydroxyl groups is 1. The van der Waals surface area contributed by atoms with Gasteiger partial charge in [0.05, 0.1) is 36.9 Å². The van der Waals surface area contributed by atoms with Gasteiger partial charge in [-0.3, -0.25) is 14.5 Å². The van der Waals surface area contributed by atoms with E-state index in [-0.39, 0.29) is 25.0 Å². The normalized spacial score (nSPS) is 15.7. The Morgan fingerprint density at radius 1 is 1.14 bits per heavy atom. The standard InChI is InChI=1S/C20H19N3O4S/c24-11-12(10-23-18(25)13-4-1-2-5-14(13)19(23)26)21-20(28)22-16-6-3-7-17-15(16)8-9-27-17/h1-7,12,24H,8-11H2,(H2,21,22,28)/t12-/m0/s1. The molecule has 3 N–H and O–H groups in total. The molecule has 0 aliphatic carbocycles. The van der Waals surface area contributed by atoms with Crippen LogP contribution in [0.1, 0.15) is 26.3 Å². The van der Waals surface area contributed by atoms with E-state index in [1.165, 1.54) is 0 Å². The summed E-state index contributed by atoms with van der Waals surface area (Å²) >= 11 is 5.36. The molecule has 0 bridgehead atoms. The molecule has 0 unspecified atom stereocenters. The molecular formula is C20H19N3O4S. The summed E-state index contributed by atoms with van der Waals surface area (Å²) < 4.78 is 5.54. The maximum absolute atomic E-state index is 12.5. The molecule has 0 spiro atoms. The second-order valence-corrected chi connectivity index (χ2v) is 7.03. The number of benzene rings is 2. The number of imide groups is 1. The number of thiocarbonyl (C=S) groups is 1. The zero-order valence-electron chi connectivity index (χ0n) is 15.0. The minimum atomic E-state index is -0.588. The lowest BCUT2D eigenvalue weighted by Crippen LogP contribution is -2.48. The minimum absolute atomic E-state index is 0.0146. The van der Waals surface area contributed by atoms with Crippen LogP contribution in [0, 0.1) is 0 Å². The van der Waals surface area contributed by atoms with Crippen molar-refractivity contribution in [1.82, 2.24) is 10.2 Å². The lowest BCUT2D eigenvalue weighted by atomic mass is 10.1. The van der Waals surface area contributed by atoms with Gasteiger partial charge < -0.3 is 20.5 Å². The third-order valence-corrected chi connectivity index (χ3v) is 5.05. The Balaban J connectivity index is 1.42. The molecule has 144 valence electrons. The van der Waals surface area contributed by atoms with Crippen molar-refractivity contribution in [2.24, 2.45) is 0 Å². The van der Waals surface area contributed by atoms with Gasteiger partial charge in [-0.2, -0.15) is 0 Å². The predicted octanol–water partition coefficient (Wildman–Crippen LogP) is 1.56. The number of hydrogen-bond donors (Lipinski definition) is 3. The van der Waals surface area contributed by atoms with E-state index in [0.29, 0.717) is 22.8 Å². The van der Waals surface area contributed by atoms with Gasteiger partial charge in [0, 0.05) is 17.7 Å². The van der Waals surface area contributed by atoms with E-state index in [4.69, 9.17) is 17.0 Å². The second kappa shape index (κ2) is 7.57. The lowest BCUT2D eigenvalue weighted by molar-refractivity contribution is 0.0629. The van der Waals surface area contributed by atoms with Crippen LogP contribution < -0.4 is 15.4 Å². The highest BCUT2D eigenvalue weighted by Gasteiger charge is 2.36. The first-order chi connectivity index (χ1) is 13.6. The Morgan fingerprint density at radius 3 is 2.54 bits per heavy atom. The summed E-state index contributed by atoms with van der Waals surface area (Å²) in [5.41, 5.74) is 2.65. The molecule has 28 heavy (non-hydrogen) atoms. The fourth-order valence-corrected chi connectivity index (χ4v) is 3.73. The fourth-order valence-electron chi connectivity index (χ4n) is 3.46. The molecule has 0 aromatic heterocycles. The predicted molar refractivity (Wildman–Crippen MR) is 108 cm³/mol. The zero-order chi connectivity index (χ0) is 19.7. The van der Waals surface area contributed by atoms with Crippen molar-refractivity contribution in [3.8, 4) is 5.75 Å². The van der Waals surface area contributed by atoms with Crippen molar-refractivity contribution < 1.29 is 19.4 Å². The highest BCUT2D eigenvalue weighted by atomic mass is 32.1. The van der Waals surface area contributed by atoms with Crippen molar-refractivity contribution >= 4 is 34.8 Å². The topological polar surface area (TPSA) is 90.9 Å².